The minimum atomic E-state index is 0.00400. The number of nitrogen functional groups attached to an aromatic ring is 1. The monoisotopic (exact) mass is 310 g/mol. The van der Waals surface area contributed by atoms with Crippen LogP contribution in [0.2, 0.25) is 0 Å². The Morgan fingerprint density at radius 2 is 2.22 bits per heavy atom. The predicted molar refractivity (Wildman–Crippen MR) is 74.1 cm³/mol. The van der Waals surface area contributed by atoms with Crippen molar-refractivity contribution in [3.05, 3.63) is 28.4 Å². The Labute approximate surface area is 114 Å². The molecule has 0 radical (unpaired) electrons. The smallest absolute Gasteiger partial charge is 0.154 e. The Morgan fingerprint density at radius 1 is 1.50 bits per heavy atom. The number of rotatable bonds is 3. The SMILES string of the molecule is Cc1c(N)cnc(NC(C)c2nncn2C)c1Br. The van der Waals surface area contributed by atoms with Crippen molar-refractivity contribution < 1.29 is 0 Å². The number of nitrogens with two attached hydrogens (primary N) is 1. The first-order valence-corrected chi connectivity index (χ1v) is 6.31. The molecular formula is C11H15BrN6. The second-order valence-electron chi connectivity index (χ2n) is 4.17. The van der Waals surface area contributed by atoms with E-state index in [1.54, 1.807) is 12.5 Å². The van der Waals surface area contributed by atoms with Crippen LogP contribution in [0.5, 0.6) is 0 Å². The molecule has 6 nitrogen and oxygen atoms in total. The number of hydrogen-bond donors (Lipinski definition) is 2. The molecule has 2 rings (SSSR count). The van der Waals surface area contributed by atoms with Crippen molar-refractivity contribution in [2.75, 3.05) is 11.1 Å². The van der Waals surface area contributed by atoms with Gasteiger partial charge in [-0.05, 0) is 35.3 Å². The van der Waals surface area contributed by atoms with Crippen molar-refractivity contribution in [2.24, 2.45) is 7.05 Å². The van der Waals surface area contributed by atoms with Crippen LogP contribution in [-0.4, -0.2) is 19.7 Å². The quantitative estimate of drug-likeness (QED) is 0.906. The molecule has 0 aliphatic carbocycles. The summed E-state index contributed by atoms with van der Waals surface area (Å²) in [6.45, 7) is 3.95. The zero-order valence-electron chi connectivity index (χ0n) is 10.5. The minimum absolute atomic E-state index is 0.00400. The first-order valence-electron chi connectivity index (χ1n) is 5.51. The van der Waals surface area contributed by atoms with E-state index in [1.165, 1.54) is 0 Å². The molecular weight excluding hydrogens is 296 g/mol. The lowest BCUT2D eigenvalue weighted by molar-refractivity contribution is 0.716. The van der Waals surface area contributed by atoms with E-state index in [-0.39, 0.29) is 6.04 Å². The number of halogens is 1. The van der Waals surface area contributed by atoms with E-state index in [0.717, 1.165) is 21.7 Å². The Morgan fingerprint density at radius 3 is 2.83 bits per heavy atom. The average molecular weight is 311 g/mol. The minimum Gasteiger partial charge on any atom is -0.397 e. The van der Waals surface area contributed by atoms with Gasteiger partial charge in [-0.25, -0.2) is 4.98 Å². The number of aryl methyl sites for hydroxylation is 1. The third-order valence-corrected chi connectivity index (χ3v) is 3.76. The molecule has 2 aromatic rings. The lowest BCUT2D eigenvalue weighted by atomic mass is 10.2. The van der Waals surface area contributed by atoms with E-state index < -0.39 is 0 Å². The summed E-state index contributed by atoms with van der Waals surface area (Å²) < 4.78 is 2.74. The molecule has 0 amide bonds. The normalized spacial score (nSPS) is 12.4. The number of nitrogens with zero attached hydrogens (tertiary/aromatic N) is 4. The summed E-state index contributed by atoms with van der Waals surface area (Å²) in [5.74, 6) is 1.59. The largest absolute Gasteiger partial charge is 0.397 e. The van der Waals surface area contributed by atoms with Crippen LogP contribution in [0, 0.1) is 6.92 Å². The van der Waals surface area contributed by atoms with Gasteiger partial charge in [0.2, 0.25) is 0 Å². The van der Waals surface area contributed by atoms with Crippen LogP contribution in [0.3, 0.4) is 0 Å². The Bertz CT molecular complexity index is 565. The zero-order valence-corrected chi connectivity index (χ0v) is 12.1. The van der Waals surface area contributed by atoms with E-state index in [9.17, 15) is 0 Å². The predicted octanol–water partition coefficient (Wildman–Crippen LogP) is 2.04. The molecule has 0 fully saturated rings. The Hall–Kier alpha value is -1.63. The average Bonchev–Trinajstić information content (AvgIpc) is 2.76. The number of hydrogen-bond acceptors (Lipinski definition) is 5. The van der Waals surface area contributed by atoms with Gasteiger partial charge in [-0.2, -0.15) is 0 Å². The maximum absolute atomic E-state index is 5.79. The lowest BCUT2D eigenvalue weighted by Gasteiger charge is -2.16. The first-order chi connectivity index (χ1) is 8.50. The third-order valence-electron chi connectivity index (χ3n) is 2.79. The first kappa shape index (κ1) is 12.8. The van der Waals surface area contributed by atoms with Gasteiger partial charge in [0.1, 0.15) is 12.1 Å². The van der Waals surface area contributed by atoms with Gasteiger partial charge >= 0.3 is 0 Å². The molecule has 0 spiro atoms. The van der Waals surface area contributed by atoms with Crippen LogP contribution >= 0.6 is 15.9 Å². The highest BCUT2D eigenvalue weighted by molar-refractivity contribution is 9.10. The molecule has 1 unspecified atom stereocenters. The van der Waals surface area contributed by atoms with Crippen molar-refractivity contribution in [1.82, 2.24) is 19.7 Å². The summed E-state index contributed by atoms with van der Waals surface area (Å²) >= 11 is 3.49. The molecule has 96 valence electrons. The van der Waals surface area contributed by atoms with E-state index in [1.807, 2.05) is 25.5 Å². The zero-order chi connectivity index (χ0) is 13.3. The molecule has 18 heavy (non-hydrogen) atoms. The molecule has 3 N–H and O–H groups in total. The van der Waals surface area contributed by atoms with Gasteiger partial charge in [-0.3, -0.25) is 0 Å². The number of nitrogens with one attached hydrogen (secondary N) is 1. The van der Waals surface area contributed by atoms with Gasteiger partial charge < -0.3 is 15.6 Å². The van der Waals surface area contributed by atoms with Crippen LogP contribution in [0.25, 0.3) is 0 Å². The van der Waals surface area contributed by atoms with Crippen molar-refractivity contribution >= 4 is 27.4 Å². The fourth-order valence-electron chi connectivity index (χ4n) is 1.65. The van der Waals surface area contributed by atoms with E-state index in [4.69, 9.17) is 5.73 Å². The summed E-state index contributed by atoms with van der Waals surface area (Å²) in [7, 11) is 1.91. The third kappa shape index (κ3) is 2.31. The summed E-state index contributed by atoms with van der Waals surface area (Å²) in [6, 6.07) is 0.00400. The van der Waals surface area contributed by atoms with E-state index in [0.29, 0.717) is 5.69 Å². The van der Waals surface area contributed by atoms with Gasteiger partial charge in [-0.15, -0.1) is 10.2 Å². The highest BCUT2D eigenvalue weighted by Crippen LogP contribution is 2.29. The highest BCUT2D eigenvalue weighted by atomic mass is 79.9. The molecule has 0 saturated heterocycles. The topological polar surface area (TPSA) is 81.7 Å². The number of aromatic nitrogens is 4. The van der Waals surface area contributed by atoms with Gasteiger partial charge in [0.25, 0.3) is 0 Å². The lowest BCUT2D eigenvalue weighted by Crippen LogP contribution is -2.13. The number of anilines is 2. The molecule has 2 heterocycles. The maximum atomic E-state index is 5.79. The second kappa shape index (κ2) is 4.93. The molecule has 0 saturated carbocycles. The summed E-state index contributed by atoms with van der Waals surface area (Å²) in [4.78, 5) is 4.28. The summed E-state index contributed by atoms with van der Waals surface area (Å²) in [5.41, 5.74) is 7.43. The fourth-order valence-corrected chi connectivity index (χ4v) is 2.09. The van der Waals surface area contributed by atoms with Crippen LogP contribution in [-0.2, 0) is 7.05 Å². The van der Waals surface area contributed by atoms with Gasteiger partial charge in [-0.1, -0.05) is 0 Å². The van der Waals surface area contributed by atoms with Crippen LogP contribution < -0.4 is 11.1 Å². The molecule has 7 heteroatoms. The van der Waals surface area contributed by atoms with Gasteiger partial charge in [0.15, 0.2) is 5.82 Å². The molecule has 1 atom stereocenters. The van der Waals surface area contributed by atoms with Crippen LogP contribution in [0.1, 0.15) is 24.4 Å². The summed E-state index contributed by atoms with van der Waals surface area (Å²) in [6.07, 6.45) is 3.32. The van der Waals surface area contributed by atoms with Crippen molar-refractivity contribution in [1.29, 1.82) is 0 Å². The van der Waals surface area contributed by atoms with E-state index >= 15 is 0 Å². The summed E-state index contributed by atoms with van der Waals surface area (Å²) in [5, 5.41) is 11.2. The van der Waals surface area contributed by atoms with E-state index in [2.05, 4.69) is 36.4 Å². The van der Waals surface area contributed by atoms with Crippen LogP contribution in [0.15, 0.2) is 17.0 Å². The molecule has 0 aromatic carbocycles. The fraction of sp³-hybridized carbons (Fsp3) is 0.364. The number of pyridine rings is 1. The molecule has 0 aliphatic heterocycles. The van der Waals surface area contributed by atoms with Gasteiger partial charge in [0, 0.05) is 7.05 Å². The molecule has 0 aliphatic rings. The van der Waals surface area contributed by atoms with Gasteiger partial charge in [0.05, 0.1) is 22.4 Å². The maximum Gasteiger partial charge on any atom is 0.154 e. The van der Waals surface area contributed by atoms with Crippen LogP contribution in [0.4, 0.5) is 11.5 Å². The standard InChI is InChI=1S/C11H15BrN6/c1-6-8(13)4-14-10(9(6)12)16-7(2)11-17-15-5-18(11)3/h4-5,7H,13H2,1-3H3,(H,14,16). The molecule has 2 aromatic heterocycles. The molecule has 0 bridgehead atoms. The van der Waals surface area contributed by atoms with Crippen molar-refractivity contribution in [2.45, 2.75) is 19.9 Å². The Kier molecular flexibility index (Phi) is 3.51. The second-order valence-corrected chi connectivity index (χ2v) is 4.96. The highest BCUT2D eigenvalue weighted by Gasteiger charge is 2.14. The Balaban J connectivity index is 2.25. The van der Waals surface area contributed by atoms with Crippen molar-refractivity contribution in [3.63, 3.8) is 0 Å². The van der Waals surface area contributed by atoms with Crippen molar-refractivity contribution in [3.8, 4) is 0 Å².